The molecule has 1 saturated heterocycles. The molecule has 3 rings (SSSR count). The number of benzene rings is 1. The number of nitrogens with zero attached hydrogens (tertiary/aromatic N) is 4. The van der Waals surface area contributed by atoms with Crippen molar-refractivity contribution in [1.82, 2.24) is 14.8 Å². The molecule has 0 saturated carbocycles. The first-order chi connectivity index (χ1) is 17.4. The molecule has 12 heteroatoms. The zero-order valence-corrected chi connectivity index (χ0v) is 20.5. The summed E-state index contributed by atoms with van der Waals surface area (Å²) in [6, 6.07) is 10.5. The molecule has 188 valence electrons. The lowest BCUT2D eigenvalue weighted by atomic mass is 10.1. The van der Waals surface area contributed by atoms with E-state index in [1.54, 1.807) is 37.3 Å². The molecule has 36 heavy (non-hydrogen) atoms. The van der Waals surface area contributed by atoms with Gasteiger partial charge in [0.25, 0.3) is 11.5 Å². The van der Waals surface area contributed by atoms with Gasteiger partial charge in [0.1, 0.15) is 28.0 Å². The van der Waals surface area contributed by atoms with Crippen LogP contribution in [0.5, 0.6) is 0 Å². The highest BCUT2D eigenvalue weighted by atomic mass is 32.1. The van der Waals surface area contributed by atoms with Gasteiger partial charge in [-0.3, -0.25) is 23.9 Å². The van der Waals surface area contributed by atoms with Gasteiger partial charge in [-0.15, -0.1) is 11.3 Å². The Morgan fingerprint density at radius 1 is 1.25 bits per heavy atom. The number of anilines is 2. The van der Waals surface area contributed by atoms with Crippen molar-refractivity contribution in [2.24, 2.45) is 0 Å². The molecule has 1 aliphatic heterocycles. The summed E-state index contributed by atoms with van der Waals surface area (Å²) < 4.78 is 15.1. The van der Waals surface area contributed by atoms with E-state index in [9.17, 15) is 24.0 Å². The Morgan fingerprint density at radius 2 is 1.97 bits per heavy atom. The minimum absolute atomic E-state index is 0.185. The highest BCUT2D eigenvalue weighted by Gasteiger charge is 2.20. The lowest BCUT2D eigenvalue weighted by molar-refractivity contribution is -0.117. The molecule has 2 amide bonds. The summed E-state index contributed by atoms with van der Waals surface area (Å²) in [4.78, 5) is 39.4. The Labute approximate surface area is 210 Å². The van der Waals surface area contributed by atoms with E-state index in [4.69, 9.17) is 5.26 Å². The van der Waals surface area contributed by atoms with Crippen molar-refractivity contribution >= 4 is 46.3 Å². The monoisotopic (exact) mass is 511 g/mol. The molecule has 0 spiro atoms. The van der Waals surface area contributed by atoms with Crippen molar-refractivity contribution < 1.29 is 14.0 Å². The molecule has 1 aromatic carbocycles. The molecule has 1 aliphatic rings. The average Bonchev–Trinajstić information content (AvgIpc) is 3.18. The summed E-state index contributed by atoms with van der Waals surface area (Å²) in [7, 11) is 0. The smallest absolute Gasteiger partial charge is 0.270 e. The minimum atomic E-state index is -0.797. The fraction of sp³-hybridized carbons (Fsp3) is 0.375. The van der Waals surface area contributed by atoms with Gasteiger partial charge in [0.2, 0.25) is 5.91 Å². The summed E-state index contributed by atoms with van der Waals surface area (Å²) >= 11 is 0.986. The Morgan fingerprint density at radius 3 is 2.64 bits per heavy atom. The summed E-state index contributed by atoms with van der Waals surface area (Å²) in [6.07, 6.45) is 1.55. The van der Waals surface area contributed by atoms with Crippen LogP contribution in [0.4, 0.5) is 15.8 Å². The first kappa shape index (κ1) is 26.6. The minimum Gasteiger partial charge on any atom is -0.360 e. The summed E-state index contributed by atoms with van der Waals surface area (Å²) in [6.45, 7) is 3.00. The number of amides is 2. The molecule has 10 nitrogen and oxygen atoms in total. The second kappa shape index (κ2) is 12.6. The third-order valence-corrected chi connectivity index (χ3v) is 6.64. The van der Waals surface area contributed by atoms with Crippen LogP contribution in [-0.2, 0) is 16.1 Å². The van der Waals surface area contributed by atoms with Crippen LogP contribution in [-0.4, -0.2) is 53.6 Å². The number of piperidine rings is 1. The number of carbonyl (C=O) groups excluding carboxylic acids is 2. The van der Waals surface area contributed by atoms with Crippen molar-refractivity contribution in [1.29, 1.82) is 10.5 Å². The number of halogens is 1. The fourth-order valence-electron chi connectivity index (χ4n) is 3.70. The molecule has 0 radical (unpaired) electrons. The normalized spacial score (nSPS) is 15.5. The van der Waals surface area contributed by atoms with Gasteiger partial charge in [0.05, 0.1) is 12.6 Å². The predicted molar refractivity (Wildman–Crippen MR) is 135 cm³/mol. The number of nitriles is 2. The van der Waals surface area contributed by atoms with Gasteiger partial charge < -0.3 is 16.0 Å². The largest absolute Gasteiger partial charge is 0.360 e. The lowest BCUT2D eigenvalue weighted by Gasteiger charge is -2.27. The van der Waals surface area contributed by atoms with Crippen molar-refractivity contribution in [2.45, 2.75) is 32.5 Å². The molecular formula is C24H26FN7O3S. The third kappa shape index (κ3) is 6.78. The standard InChI is InChI=1S/C24H26FN7O3S/c1-2-32-23(35)20(36-24(32)19(13-27)22(34)28-9-8-26)14-29-17-4-3-5-18(12-17)30-21(33)15-31-10-6-16(25)7-11-31/h3-5,12,14,16,29H,2,6-7,9-11,15H2,1H3,(H,28,34)(H,30,33)/b20-14+,24-19-. The van der Waals surface area contributed by atoms with Crippen LogP contribution in [0.2, 0.25) is 0 Å². The van der Waals surface area contributed by atoms with Crippen LogP contribution in [0, 0.1) is 22.7 Å². The maximum Gasteiger partial charge on any atom is 0.270 e. The molecule has 3 N–H and O–H groups in total. The summed E-state index contributed by atoms with van der Waals surface area (Å²) in [5.41, 5.74) is 0.562. The summed E-state index contributed by atoms with van der Waals surface area (Å²) in [5.74, 6) is -0.920. The molecule has 1 aromatic heterocycles. The maximum atomic E-state index is 13.3. The number of hydrogen-bond acceptors (Lipinski definition) is 8. The average molecular weight is 512 g/mol. The van der Waals surface area contributed by atoms with Crippen molar-refractivity contribution in [3.8, 4) is 12.1 Å². The summed E-state index contributed by atoms with van der Waals surface area (Å²) in [5, 5.41) is 26.3. The van der Waals surface area contributed by atoms with Gasteiger partial charge in [-0.05, 0) is 38.0 Å². The zero-order valence-electron chi connectivity index (χ0n) is 19.7. The quantitative estimate of drug-likeness (QED) is 0.437. The predicted octanol–water partition coefficient (Wildman–Crippen LogP) is 0.466. The molecule has 0 bridgehead atoms. The van der Waals surface area contributed by atoms with Crippen LogP contribution < -0.4 is 30.7 Å². The van der Waals surface area contributed by atoms with Crippen LogP contribution >= 0.6 is 11.3 Å². The van der Waals surface area contributed by atoms with E-state index in [1.807, 2.05) is 11.0 Å². The molecule has 0 unspecified atom stereocenters. The number of alkyl halides is 1. The van der Waals surface area contributed by atoms with Crippen molar-refractivity contribution in [3.05, 3.63) is 43.8 Å². The van der Waals surface area contributed by atoms with Crippen LogP contribution in [0.1, 0.15) is 19.8 Å². The Bertz CT molecular complexity index is 1380. The number of aromatic nitrogens is 1. The lowest BCUT2D eigenvalue weighted by Crippen LogP contribution is -2.39. The van der Waals surface area contributed by atoms with E-state index in [2.05, 4.69) is 16.0 Å². The van der Waals surface area contributed by atoms with E-state index in [0.717, 1.165) is 11.3 Å². The van der Waals surface area contributed by atoms with Crippen LogP contribution in [0.25, 0.3) is 11.8 Å². The van der Waals surface area contributed by atoms with Gasteiger partial charge >= 0.3 is 0 Å². The van der Waals surface area contributed by atoms with Crippen LogP contribution in [0.3, 0.4) is 0 Å². The number of hydrogen-bond donors (Lipinski definition) is 3. The van der Waals surface area contributed by atoms with Crippen LogP contribution in [0.15, 0.2) is 29.1 Å². The van der Waals surface area contributed by atoms with E-state index in [-0.39, 0.29) is 45.9 Å². The van der Waals surface area contributed by atoms with Gasteiger partial charge in [0, 0.05) is 37.2 Å². The SMILES string of the molecule is CCn1c(=O)/c(=C\Nc2cccc(NC(=O)CN3CCC(F)CC3)c2)s/c1=C(/C#N)C(=O)NCC#N. The molecule has 0 atom stereocenters. The Hall–Kier alpha value is -4.00. The maximum absolute atomic E-state index is 13.3. The second-order valence-electron chi connectivity index (χ2n) is 8.02. The molecule has 2 heterocycles. The van der Waals surface area contributed by atoms with E-state index in [1.165, 1.54) is 10.8 Å². The highest BCUT2D eigenvalue weighted by molar-refractivity contribution is 7.07. The van der Waals surface area contributed by atoms with Crippen molar-refractivity contribution in [2.75, 3.05) is 36.8 Å². The molecular weight excluding hydrogens is 485 g/mol. The Balaban J connectivity index is 1.77. The topological polar surface area (TPSA) is 143 Å². The fourth-order valence-corrected chi connectivity index (χ4v) is 4.78. The molecule has 0 aliphatic carbocycles. The number of likely N-dealkylation sites (tertiary alicyclic amines) is 1. The number of carbonyl (C=O) groups is 2. The number of nitrogens with one attached hydrogen (secondary N) is 3. The van der Waals surface area contributed by atoms with E-state index < -0.39 is 12.1 Å². The molecule has 2 aromatic rings. The number of rotatable bonds is 8. The van der Waals surface area contributed by atoms with Gasteiger partial charge in [0.15, 0.2) is 5.57 Å². The molecule has 1 fully saturated rings. The Kier molecular flexibility index (Phi) is 9.33. The van der Waals surface area contributed by atoms with E-state index >= 15 is 0 Å². The van der Waals surface area contributed by atoms with E-state index in [0.29, 0.717) is 37.3 Å². The highest BCUT2D eigenvalue weighted by Crippen LogP contribution is 2.16. The van der Waals surface area contributed by atoms with Gasteiger partial charge in [-0.25, -0.2) is 4.39 Å². The van der Waals surface area contributed by atoms with Gasteiger partial charge in [-0.2, -0.15) is 10.5 Å². The number of thiazole rings is 1. The zero-order chi connectivity index (χ0) is 26.1. The van der Waals surface area contributed by atoms with Crippen molar-refractivity contribution in [3.63, 3.8) is 0 Å². The first-order valence-electron chi connectivity index (χ1n) is 11.4. The second-order valence-corrected chi connectivity index (χ2v) is 9.05. The third-order valence-electron chi connectivity index (χ3n) is 5.51. The van der Waals surface area contributed by atoms with Gasteiger partial charge in [-0.1, -0.05) is 6.07 Å². The first-order valence-corrected chi connectivity index (χ1v) is 12.2.